The molecule has 5 heteroatoms. The number of rotatable bonds is 7. The van der Waals surface area contributed by atoms with E-state index in [-0.39, 0.29) is 5.91 Å². The number of nitrogens with two attached hydrogens (primary N) is 1. The molecule has 0 aliphatic heterocycles. The van der Waals surface area contributed by atoms with E-state index in [1.807, 2.05) is 24.3 Å². The molecule has 0 fully saturated rings. The van der Waals surface area contributed by atoms with Crippen molar-refractivity contribution < 1.29 is 9.00 Å². The minimum Gasteiger partial charge on any atom is -0.356 e. The van der Waals surface area contributed by atoms with E-state index in [1.165, 1.54) is 0 Å². The lowest BCUT2D eigenvalue weighted by Crippen LogP contribution is -2.27. The van der Waals surface area contributed by atoms with Crippen LogP contribution in [-0.4, -0.2) is 28.7 Å². The summed E-state index contributed by atoms with van der Waals surface area (Å²) >= 11 is 0. The quantitative estimate of drug-likeness (QED) is 0.710. The SMILES string of the molecule is CS(=O)CCCNC(=O)Cc1ccccc1CN. The van der Waals surface area contributed by atoms with Crippen molar-refractivity contribution in [3.8, 4) is 0 Å². The maximum atomic E-state index is 11.7. The summed E-state index contributed by atoms with van der Waals surface area (Å²) in [6.07, 6.45) is 2.76. The monoisotopic (exact) mass is 268 g/mol. The highest BCUT2D eigenvalue weighted by Crippen LogP contribution is 2.08. The van der Waals surface area contributed by atoms with Gasteiger partial charge in [0.25, 0.3) is 0 Å². The van der Waals surface area contributed by atoms with Crippen LogP contribution in [-0.2, 0) is 28.6 Å². The highest BCUT2D eigenvalue weighted by atomic mass is 32.2. The first kappa shape index (κ1) is 14.9. The Kier molecular flexibility index (Phi) is 6.60. The van der Waals surface area contributed by atoms with Gasteiger partial charge in [-0.15, -0.1) is 0 Å². The maximum absolute atomic E-state index is 11.7. The second-order valence-corrected chi connectivity index (χ2v) is 5.69. The fraction of sp³-hybridized carbons (Fsp3) is 0.462. The van der Waals surface area contributed by atoms with E-state index in [2.05, 4.69) is 5.32 Å². The molecule has 1 amide bonds. The number of carbonyl (C=O) groups is 1. The lowest BCUT2D eigenvalue weighted by Gasteiger charge is -2.08. The van der Waals surface area contributed by atoms with Crippen molar-refractivity contribution >= 4 is 16.7 Å². The van der Waals surface area contributed by atoms with Crippen LogP contribution in [0.4, 0.5) is 0 Å². The molecule has 1 aromatic rings. The smallest absolute Gasteiger partial charge is 0.224 e. The summed E-state index contributed by atoms with van der Waals surface area (Å²) in [6.45, 7) is 1.02. The van der Waals surface area contributed by atoms with E-state index in [9.17, 15) is 9.00 Å². The first-order valence-corrected chi connectivity index (χ1v) is 7.69. The molecule has 18 heavy (non-hydrogen) atoms. The zero-order valence-electron chi connectivity index (χ0n) is 10.6. The van der Waals surface area contributed by atoms with E-state index in [0.717, 1.165) is 17.5 Å². The second kappa shape index (κ2) is 8.00. The van der Waals surface area contributed by atoms with Crippen molar-refractivity contribution in [2.75, 3.05) is 18.6 Å². The molecule has 1 aromatic carbocycles. The van der Waals surface area contributed by atoms with Crippen LogP contribution in [0.15, 0.2) is 24.3 Å². The van der Waals surface area contributed by atoms with E-state index < -0.39 is 10.8 Å². The molecule has 0 aromatic heterocycles. The topological polar surface area (TPSA) is 72.2 Å². The van der Waals surface area contributed by atoms with Crippen molar-refractivity contribution in [1.82, 2.24) is 5.32 Å². The van der Waals surface area contributed by atoms with Crippen molar-refractivity contribution in [1.29, 1.82) is 0 Å². The zero-order valence-corrected chi connectivity index (χ0v) is 11.5. The van der Waals surface area contributed by atoms with Gasteiger partial charge in [-0.3, -0.25) is 9.00 Å². The number of hydrogen-bond acceptors (Lipinski definition) is 3. The summed E-state index contributed by atoms with van der Waals surface area (Å²) in [6, 6.07) is 7.67. The maximum Gasteiger partial charge on any atom is 0.224 e. The fourth-order valence-electron chi connectivity index (χ4n) is 1.67. The Morgan fingerprint density at radius 2 is 2.00 bits per heavy atom. The van der Waals surface area contributed by atoms with Crippen LogP contribution in [0.2, 0.25) is 0 Å². The highest BCUT2D eigenvalue weighted by molar-refractivity contribution is 7.84. The Hall–Kier alpha value is -1.20. The third-order valence-electron chi connectivity index (χ3n) is 2.62. The summed E-state index contributed by atoms with van der Waals surface area (Å²) in [7, 11) is -0.791. The van der Waals surface area contributed by atoms with E-state index >= 15 is 0 Å². The number of amides is 1. The van der Waals surface area contributed by atoms with Crippen LogP contribution in [0.25, 0.3) is 0 Å². The minimum absolute atomic E-state index is 0.0159. The number of nitrogens with one attached hydrogen (secondary N) is 1. The summed E-state index contributed by atoms with van der Waals surface area (Å²) in [5.41, 5.74) is 7.59. The van der Waals surface area contributed by atoms with Crippen LogP contribution in [0.5, 0.6) is 0 Å². The third kappa shape index (κ3) is 5.42. The lowest BCUT2D eigenvalue weighted by atomic mass is 10.0. The molecule has 0 spiro atoms. The predicted molar refractivity (Wildman–Crippen MR) is 74.6 cm³/mol. The van der Waals surface area contributed by atoms with Crippen LogP contribution in [0, 0.1) is 0 Å². The van der Waals surface area contributed by atoms with Gasteiger partial charge in [0.15, 0.2) is 0 Å². The Bertz CT molecular complexity index is 421. The first-order valence-electron chi connectivity index (χ1n) is 5.97. The first-order chi connectivity index (χ1) is 8.63. The molecular weight excluding hydrogens is 248 g/mol. The Morgan fingerprint density at radius 3 is 2.61 bits per heavy atom. The average Bonchev–Trinajstić information content (AvgIpc) is 2.35. The largest absolute Gasteiger partial charge is 0.356 e. The van der Waals surface area contributed by atoms with Crippen molar-refractivity contribution in [3.63, 3.8) is 0 Å². The average molecular weight is 268 g/mol. The lowest BCUT2D eigenvalue weighted by molar-refractivity contribution is -0.120. The number of hydrogen-bond donors (Lipinski definition) is 2. The Morgan fingerprint density at radius 1 is 1.33 bits per heavy atom. The molecule has 3 N–H and O–H groups in total. The molecule has 0 radical (unpaired) electrons. The van der Waals surface area contributed by atoms with E-state index in [0.29, 0.717) is 25.3 Å². The Balaban J connectivity index is 2.37. The normalized spacial score (nSPS) is 12.1. The summed E-state index contributed by atoms with van der Waals surface area (Å²) in [5, 5.41) is 2.82. The number of benzene rings is 1. The van der Waals surface area contributed by atoms with Crippen LogP contribution >= 0.6 is 0 Å². The van der Waals surface area contributed by atoms with Gasteiger partial charge < -0.3 is 11.1 Å². The van der Waals surface area contributed by atoms with Gasteiger partial charge in [-0.1, -0.05) is 24.3 Å². The fourth-order valence-corrected chi connectivity index (χ4v) is 2.22. The highest BCUT2D eigenvalue weighted by Gasteiger charge is 2.06. The van der Waals surface area contributed by atoms with Crippen LogP contribution in [0.1, 0.15) is 17.5 Å². The van der Waals surface area contributed by atoms with Crippen molar-refractivity contribution in [2.45, 2.75) is 19.4 Å². The zero-order chi connectivity index (χ0) is 13.4. The minimum atomic E-state index is -0.791. The molecule has 0 aliphatic carbocycles. The van der Waals surface area contributed by atoms with Crippen molar-refractivity contribution in [2.24, 2.45) is 5.73 Å². The molecule has 4 nitrogen and oxygen atoms in total. The van der Waals surface area contributed by atoms with Crippen LogP contribution in [0.3, 0.4) is 0 Å². The molecule has 1 rings (SSSR count). The molecule has 0 heterocycles. The molecule has 1 unspecified atom stereocenters. The molecule has 0 bridgehead atoms. The van der Waals surface area contributed by atoms with Gasteiger partial charge in [0, 0.05) is 35.9 Å². The third-order valence-corrected chi connectivity index (χ3v) is 3.48. The van der Waals surface area contributed by atoms with Gasteiger partial charge in [0.1, 0.15) is 0 Å². The number of carbonyl (C=O) groups excluding carboxylic acids is 1. The second-order valence-electron chi connectivity index (χ2n) is 4.13. The van der Waals surface area contributed by atoms with Crippen LogP contribution < -0.4 is 11.1 Å². The van der Waals surface area contributed by atoms with Gasteiger partial charge in [-0.25, -0.2) is 0 Å². The molecular formula is C13H20N2O2S. The molecule has 0 saturated carbocycles. The van der Waals surface area contributed by atoms with Gasteiger partial charge in [-0.2, -0.15) is 0 Å². The van der Waals surface area contributed by atoms with Gasteiger partial charge in [-0.05, 0) is 17.5 Å². The molecule has 0 aliphatic rings. The summed E-state index contributed by atoms with van der Waals surface area (Å²) in [4.78, 5) is 11.7. The van der Waals surface area contributed by atoms with Crippen molar-refractivity contribution in [3.05, 3.63) is 35.4 Å². The van der Waals surface area contributed by atoms with Gasteiger partial charge >= 0.3 is 0 Å². The standard InChI is InChI=1S/C13H20N2O2S/c1-18(17)8-4-7-15-13(16)9-11-5-2-3-6-12(11)10-14/h2-3,5-6H,4,7-10,14H2,1H3,(H,15,16). The molecule has 100 valence electrons. The molecule has 1 atom stereocenters. The molecule has 0 saturated heterocycles. The predicted octanol–water partition coefficient (Wildman–Crippen LogP) is 0.573. The van der Waals surface area contributed by atoms with Gasteiger partial charge in [0.05, 0.1) is 6.42 Å². The summed E-state index contributed by atoms with van der Waals surface area (Å²) < 4.78 is 10.8. The van der Waals surface area contributed by atoms with E-state index in [4.69, 9.17) is 5.73 Å². The van der Waals surface area contributed by atoms with Gasteiger partial charge in [0.2, 0.25) is 5.91 Å². The summed E-state index contributed by atoms with van der Waals surface area (Å²) in [5.74, 6) is 0.609. The Labute approximate surface area is 110 Å². The van der Waals surface area contributed by atoms with E-state index in [1.54, 1.807) is 6.26 Å².